The average molecular weight is 336 g/mol. The summed E-state index contributed by atoms with van der Waals surface area (Å²) in [6.45, 7) is 4.99. The first-order valence-corrected chi connectivity index (χ1v) is 8.80. The van der Waals surface area contributed by atoms with Gasteiger partial charge in [-0.1, -0.05) is 49.4 Å². The molecule has 0 radical (unpaired) electrons. The van der Waals surface area contributed by atoms with E-state index in [-0.39, 0.29) is 18.4 Å². The third-order valence-electron chi connectivity index (χ3n) is 4.82. The van der Waals surface area contributed by atoms with Crippen LogP contribution in [0.3, 0.4) is 0 Å². The van der Waals surface area contributed by atoms with Crippen LogP contribution in [0.25, 0.3) is 0 Å². The van der Waals surface area contributed by atoms with Crippen molar-refractivity contribution < 1.29 is 9.59 Å². The lowest BCUT2D eigenvalue weighted by Crippen LogP contribution is -2.44. The number of benzene rings is 2. The van der Waals surface area contributed by atoms with Crippen molar-refractivity contribution in [3.05, 3.63) is 65.2 Å². The quantitative estimate of drug-likeness (QED) is 0.860. The van der Waals surface area contributed by atoms with Crippen LogP contribution < -0.4 is 4.90 Å². The number of nitrogens with zero attached hydrogens (tertiary/aromatic N) is 2. The summed E-state index contributed by atoms with van der Waals surface area (Å²) in [4.78, 5) is 28.5. The molecule has 130 valence electrons. The molecule has 0 unspecified atom stereocenters. The minimum atomic E-state index is -0.105. The topological polar surface area (TPSA) is 40.6 Å². The van der Waals surface area contributed by atoms with Crippen LogP contribution in [-0.4, -0.2) is 29.8 Å². The first-order chi connectivity index (χ1) is 12.1. The van der Waals surface area contributed by atoms with Crippen molar-refractivity contribution in [3.63, 3.8) is 0 Å². The van der Waals surface area contributed by atoms with Gasteiger partial charge in [-0.15, -0.1) is 0 Å². The maximum Gasteiger partial charge on any atom is 0.242 e. The molecule has 1 aliphatic heterocycles. The van der Waals surface area contributed by atoms with Gasteiger partial charge in [-0.25, -0.2) is 0 Å². The van der Waals surface area contributed by atoms with E-state index in [4.69, 9.17) is 0 Å². The molecule has 3 rings (SSSR count). The molecule has 4 nitrogen and oxygen atoms in total. The molecule has 0 bridgehead atoms. The summed E-state index contributed by atoms with van der Waals surface area (Å²) >= 11 is 0. The number of fused-ring (bicyclic) bond motifs is 1. The molecule has 0 N–H and O–H groups in total. The largest absolute Gasteiger partial charge is 0.336 e. The zero-order valence-electron chi connectivity index (χ0n) is 14.9. The Kier molecular flexibility index (Phi) is 5.17. The summed E-state index contributed by atoms with van der Waals surface area (Å²) in [5.74, 6) is -0.109. The van der Waals surface area contributed by atoms with Gasteiger partial charge in [0.2, 0.25) is 11.8 Å². The predicted molar refractivity (Wildman–Crippen MR) is 99.4 cm³/mol. The Balaban J connectivity index is 1.77. The molecular weight excluding hydrogens is 312 g/mol. The molecule has 0 spiro atoms. The van der Waals surface area contributed by atoms with Crippen LogP contribution >= 0.6 is 0 Å². The number of amides is 2. The highest BCUT2D eigenvalue weighted by molar-refractivity contribution is 5.98. The van der Waals surface area contributed by atoms with Crippen LogP contribution in [0, 0.1) is 0 Å². The van der Waals surface area contributed by atoms with Crippen molar-refractivity contribution in [1.82, 2.24) is 4.90 Å². The Labute approximate surface area is 149 Å². The van der Waals surface area contributed by atoms with E-state index in [9.17, 15) is 9.59 Å². The van der Waals surface area contributed by atoms with Gasteiger partial charge >= 0.3 is 0 Å². The summed E-state index contributed by atoms with van der Waals surface area (Å²) in [5, 5.41) is 0. The van der Waals surface area contributed by atoms with Crippen LogP contribution in [0.2, 0.25) is 0 Å². The van der Waals surface area contributed by atoms with Gasteiger partial charge in [0.25, 0.3) is 0 Å². The van der Waals surface area contributed by atoms with Crippen molar-refractivity contribution in [1.29, 1.82) is 0 Å². The normalized spacial score (nSPS) is 13.3. The van der Waals surface area contributed by atoms with Gasteiger partial charge in [-0.05, 0) is 35.6 Å². The van der Waals surface area contributed by atoms with E-state index in [0.717, 1.165) is 24.1 Å². The monoisotopic (exact) mass is 336 g/mol. The van der Waals surface area contributed by atoms with E-state index >= 15 is 0 Å². The second-order valence-corrected chi connectivity index (χ2v) is 6.42. The van der Waals surface area contributed by atoms with Gasteiger partial charge < -0.3 is 9.80 Å². The average Bonchev–Trinajstić information content (AvgIpc) is 2.65. The second-order valence-electron chi connectivity index (χ2n) is 6.42. The first-order valence-electron chi connectivity index (χ1n) is 8.80. The number of carbonyl (C=O) groups excluding carboxylic acids is 2. The smallest absolute Gasteiger partial charge is 0.242 e. The van der Waals surface area contributed by atoms with E-state index in [1.807, 2.05) is 41.3 Å². The highest BCUT2D eigenvalue weighted by Gasteiger charge is 2.24. The van der Waals surface area contributed by atoms with E-state index in [2.05, 4.69) is 19.1 Å². The summed E-state index contributed by atoms with van der Waals surface area (Å²) in [6, 6.07) is 16.0. The molecule has 0 saturated carbocycles. The van der Waals surface area contributed by atoms with Gasteiger partial charge in [0, 0.05) is 25.7 Å². The molecule has 0 aromatic heterocycles. The molecule has 1 heterocycles. The molecule has 2 aromatic rings. The predicted octanol–water partition coefficient (Wildman–Crippen LogP) is 3.19. The number of hydrogen-bond acceptors (Lipinski definition) is 2. The van der Waals surface area contributed by atoms with Crippen molar-refractivity contribution in [2.75, 3.05) is 18.0 Å². The molecule has 0 fully saturated rings. The van der Waals surface area contributed by atoms with Gasteiger partial charge in [0.1, 0.15) is 6.54 Å². The van der Waals surface area contributed by atoms with Crippen LogP contribution in [0.1, 0.15) is 30.5 Å². The molecule has 0 aliphatic carbocycles. The van der Waals surface area contributed by atoms with E-state index in [1.54, 1.807) is 4.90 Å². The van der Waals surface area contributed by atoms with Gasteiger partial charge in [0.05, 0.1) is 0 Å². The highest BCUT2D eigenvalue weighted by Crippen LogP contribution is 2.23. The van der Waals surface area contributed by atoms with Crippen LogP contribution in [0.4, 0.5) is 5.69 Å². The van der Waals surface area contributed by atoms with Crippen LogP contribution in [-0.2, 0) is 29.0 Å². The summed E-state index contributed by atoms with van der Waals surface area (Å²) < 4.78 is 0. The Hall–Kier alpha value is -2.62. The molecule has 4 heteroatoms. The molecule has 2 aromatic carbocycles. The SMILES string of the molecule is CCc1ccccc1N(CC(=O)N1CCc2ccccc2C1)C(C)=O. The molecule has 2 amide bonds. The molecule has 1 aliphatic rings. The number of aryl methyl sites for hydroxylation is 1. The summed E-state index contributed by atoms with van der Waals surface area (Å²) in [7, 11) is 0. The van der Waals surface area contributed by atoms with E-state index < -0.39 is 0 Å². The molecule has 0 saturated heterocycles. The fraction of sp³-hybridized carbons (Fsp3) is 0.333. The summed E-state index contributed by atoms with van der Waals surface area (Å²) in [5.41, 5.74) is 4.43. The van der Waals surface area contributed by atoms with Crippen molar-refractivity contribution in [3.8, 4) is 0 Å². The summed E-state index contributed by atoms with van der Waals surface area (Å²) in [6.07, 6.45) is 1.69. The standard InChI is InChI=1S/C21H24N2O2/c1-3-17-8-6-7-11-20(17)23(16(2)24)15-21(25)22-13-12-18-9-4-5-10-19(18)14-22/h4-11H,3,12-15H2,1-2H3. The maximum absolute atomic E-state index is 12.8. The minimum absolute atomic E-state index is 0.00407. The second kappa shape index (κ2) is 7.51. The molecular formula is C21H24N2O2. The Bertz CT molecular complexity index is 785. The number of anilines is 1. The van der Waals surface area contributed by atoms with Gasteiger partial charge in [-0.3, -0.25) is 9.59 Å². The minimum Gasteiger partial charge on any atom is -0.336 e. The lowest BCUT2D eigenvalue weighted by molar-refractivity contribution is -0.132. The lowest BCUT2D eigenvalue weighted by Gasteiger charge is -2.31. The van der Waals surface area contributed by atoms with Gasteiger partial charge in [-0.2, -0.15) is 0 Å². The Morgan fingerprint density at radius 3 is 2.44 bits per heavy atom. The Morgan fingerprint density at radius 2 is 1.72 bits per heavy atom. The molecule has 0 atom stereocenters. The van der Waals surface area contributed by atoms with Crippen LogP contribution in [0.15, 0.2) is 48.5 Å². The van der Waals surface area contributed by atoms with E-state index in [0.29, 0.717) is 13.1 Å². The third-order valence-corrected chi connectivity index (χ3v) is 4.82. The lowest BCUT2D eigenvalue weighted by atomic mass is 10.00. The van der Waals surface area contributed by atoms with Crippen molar-refractivity contribution in [2.45, 2.75) is 33.2 Å². The number of para-hydroxylation sites is 1. The number of hydrogen-bond donors (Lipinski definition) is 0. The highest BCUT2D eigenvalue weighted by atomic mass is 16.2. The fourth-order valence-electron chi connectivity index (χ4n) is 3.38. The maximum atomic E-state index is 12.8. The zero-order valence-corrected chi connectivity index (χ0v) is 14.9. The van der Waals surface area contributed by atoms with Crippen molar-refractivity contribution in [2.24, 2.45) is 0 Å². The van der Waals surface area contributed by atoms with Gasteiger partial charge in [0.15, 0.2) is 0 Å². The van der Waals surface area contributed by atoms with Crippen LogP contribution in [0.5, 0.6) is 0 Å². The Morgan fingerprint density at radius 1 is 1.04 bits per heavy atom. The number of rotatable bonds is 4. The van der Waals surface area contributed by atoms with Crippen molar-refractivity contribution >= 4 is 17.5 Å². The van der Waals surface area contributed by atoms with E-state index in [1.165, 1.54) is 18.1 Å². The third kappa shape index (κ3) is 3.73. The number of carbonyl (C=O) groups is 2. The zero-order chi connectivity index (χ0) is 17.8. The fourth-order valence-corrected chi connectivity index (χ4v) is 3.38. The molecule has 25 heavy (non-hydrogen) atoms. The first kappa shape index (κ1) is 17.2.